The van der Waals surface area contributed by atoms with Crippen molar-refractivity contribution in [3.05, 3.63) is 41.3 Å². The molecule has 2 rings (SSSR count). The molecule has 5 heteroatoms. The zero-order valence-corrected chi connectivity index (χ0v) is 9.44. The summed E-state index contributed by atoms with van der Waals surface area (Å²) in [4.78, 5) is 4.15. The number of rotatable bonds is 3. The third kappa shape index (κ3) is 2.04. The lowest BCUT2D eigenvalue weighted by molar-refractivity contribution is 0.658. The van der Waals surface area contributed by atoms with Gasteiger partial charge in [0.05, 0.1) is 12.2 Å². The molecule has 84 valence electrons. The maximum absolute atomic E-state index is 5.41. The second-order valence-electron chi connectivity index (χ2n) is 3.74. The third-order valence-electron chi connectivity index (χ3n) is 2.45. The molecule has 0 saturated heterocycles. The fourth-order valence-electron chi connectivity index (χ4n) is 1.69. The summed E-state index contributed by atoms with van der Waals surface area (Å²) in [5.41, 5.74) is 5.76. The van der Waals surface area contributed by atoms with Gasteiger partial charge < -0.3 is 5.43 Å². The van der Waals surface area contributed by atoms with Crippen LogP contribution in [-0.4, -0.2) is 14.8 Å². The molecule has 0 aromatic carbocycles. The molecule has 0 radical (unpaired) electrons. The second kappa shape index (κ2) is 4.32. The maximum atomic E-state index is 5.41. The second-order valence-corrected chi connectivity index (χ2v) is 3.74. The Morgan fingerprint density at radius 2 is 2.25 bits per heavy atom. The highest BCUT2D eigenvalue weighted by molar-refractivity contribution is 5.42. The number of nitrogens with two attached hydrogens (primary N) is 1. The molecule has 16 heavy (non-hydrogen) atoms. The molecule has 0 spiro atoms. The molecule has 0 unspecified atom stereocenters. The quantitative estimate of drug-likeness (QED) is 0.599. The van der Waals surface area contributed by atoms with Gasteiger partial charge in [0.1, 0.15) is 5.82 Å². The van der Waals surface area contributed by atoms with E-state index in [1.54, 1.807) is 6.20 Å². The van der Waals surface area contributed by atoms with E-state index in [0.717, 1.165) is 17.0 Å². The average Bonchev–Trinajstić information content (AvgIpc) is 2.58. The van der Waals surface area contributed by atoms with Crippen molar-refractivity contribution < 1.29 is 0 Å². The molecule has 2 heterocycles. The summed E-state index contributed by atoms with van der Waals surface area (Å²) >= 11 is 0. The van der Waals surface area contributed by atoms with Gasteiger partial charge in [-0.25, -0.2) is 10.8 Å². The number of nitrogens with zero attached hydrogens (tertiary/aromatic N) is 3. The van der Waals surface area contributed by atoms with Crippen LogP contribution in [-0.2, 0) is 6.54 Å². The van der Waals surface area contributed by atoms with Gasteiger partial charge in [0.25, 0.3) is 0 Å². The molecule has 0 aliphatic carbocycles. The van der Waals surface area contributed by atoms with Crippen LogP contribution in [0.5, 0.6) is 0 Å². The summed E-state index contributed by atoms with van der Waals surface area (Å²) in [5.74, 6) is 6.10. The number of aromatic nitrogens is 3. The lowest BCUT2D eigenvalue weighted by Crippen LogP contribution is -2.13. The van der Waals surface area contributed by atoms with E-state index in [2.05, 4.69) is 15.5 Å². The van der Waals surface area contributed by atoms with Crippen LogP contribution in [0.1, 0.15) is 17.0 Å². The molecule has 0 aliphatic rings. The van der Waals surface area contributed by atoms with Crippen LogP contribution in [0.3, 0.4) is 0 Å². The molecule has 0 aliphatic heterocycles. The fraction of sp³-hybridized carbons (Fsp3) is 0.273. The third-order valence-corrected chi connectivity index (χ3v) is 2.45. The van der Waals surface area contributed by atoms with Crippen molar-refractivity contribution in [3.8, 4) is 0 Å². The van der Waals surface area contributed by atoms with Crippen LogP contribution in [0.25, 0.3) is 0 Å². The van der Waals surface area contributed by atoms with Crippen molar-refractivity contribution in [1.29, 1.82) is 0 Å². The van der Waals surface area contributed by atoms with Gasteiger partial charge in [0.15, 0.2) is 0 Å². The average molecular weight is 217 g/mol. The normalized spacial score (nSPS) is 10.4. The predicted molar refractivity (Wildman–Crippen MR) is 62.9 cm³/mol. The Kier molecular flexibility index (Phi) is 2.87. The van der Waals surface area contributed by atoms with E-state index >= 15 is 0 Å². The molecule has 2 aromatic heterocycles. The van der Waals surface area contributed by atoms with Crippen LogP contribution in [0.15, 0.2) is 24.4 Å². The molecule has 2 aromatic rings. The highest BCUT2D eigenvalue weighted by Crippen LogP contribution is 2.13. The van der Waals surface area contributed by atoms with Crippen molar-refractivity contribution in [3.63, 3.8) is 0 Å². The van der Waals surface area contributed by atoms with Gasteiger partial charge in [0, 0.05) is 17.5 Å². The number of hydrogen-bond acceptors (Lipinski definition) is 4. The van der Waals surface area contributed by atoms with E-state index in [9.17, 15) is 0 Å². The number of anilines is 1. The zero-order chi connectivity index (χ0) is 11.5. The Morgan fingerprint density at radius 3 is 2.88 bits per heavy atom. The maximum Gasteiger partial charge on any atom is 0.144 e. The molecule has 0 saturated carbocycles. The Balaban J connectivity index is 2.30. The van der Waals surface area contributed by atoms with E-state index in [-0.39, 0.29) is 0 Å². The summed E-state index contributed by atoms with van der Waals surface area (Å²) < 4.78 is 1.94. The summed E-state index contributed by atoms with van der Waals surface area (Å²) in [6.45, 7) is 4.69. The Hall–Kier alpha value is -1.88. The zero-order valence-electron chi connectivity index (χ0n) is 9.44. The van der Waals surface area contributed by atoms with Crippen molar-refractivity contribution in [2.24, 2.45) is 5.84 Å². The van der Waals surface area contributed by atoms with Gasteiger partial charge in [-0.05, 0) is 26.0 Å². The number of pyridine rings is 1. The van der Waals surface area contributed by atoms with E-state index < -0.39 is 0 Å². The van der Waals surface area contributed by atoms with Crippen LogP contribution in [0, 0.1) is 13.8 Å². The van der Waals surface area contributed by atoms with Gasteiger partial charge in [-0.1, -0.05) is 6.07 Å². The Morgan fingerprint density at radius 1 is 1.44 bits per heavy atom. The summed E-state index contributed by atoms with van der Waals surface area (Å²) in [5, 5.41) is 4.40. The van der Waals surface area contributed by atoms with Crippen molar-refractivity contribution in [1.82, 2.24) is 14.8 Å². The van der Waals surface area contributed by atoms with Crippen molar-refractivity contribution >= 4 is 5.82 Å². The minimum atomic E-state index is 0.674. The van der Waals surface area contributed by atoms with Gasteiger partial charge in [-0.3, -0.25) is 4.68 Å². The Labute approximate surface area is 94.3 Å². The first-order valence-electron chi connectivity index (χ1n) is 5.12. The minimum Gasteiger partial charge on any atom is -0.308 e. The molecule has 0 atom stereocenters. The summed E-state index contributed by atoms with van der Waals surface area (Å²) in [6.07, 6.45) is 1.71. The van der Waals surface area contributed by atoms with Gasteiger partial charge >= 0.3 is 0 Å². The topological polar surface area (TPSA) is 68.8 Å². The first kappa shape index (κ1) is 10.6. The van der Waals surface area contributed by atoms with Gasteiger partial charge in [-0.2, -0.15) is 5.10 Å². The Bertz CT molecular complexity index is 489. The lowest BCUT2D eigenvalue weighted by Gasteiger charge is -2.08. The highest BCUT2D eigenvalue weighted by atomic mass is 15.3. The van der Waals surface area contributed by atoms with E-state index in [1.165, 1.54) is 0 Å². The number of hydrazine groups is 1. The number of hydrogen-bond donors (Lipinski definition) is 2. The molecule has 0 bridgehead atoms. The molecule has 5 nitrogen and oxygen atoms in total. The minimum absolute atomic E-state index is 0.674. The van der Waals surface area contributed by atoms with Crippen LogP contribution >= 0.6 is 0 Å². The van der Waals surface area contributed by atoms with Crippen LogP contribution in [0.4, 0.5) is 5.82 Å². The summed E-state index contributed by atoms with van der Waals surface area (Å²) in [7, 11) is 0. The lowest BCUT2D eigenvalue weighted by atomic mass is 10.2. The number of nitrogen functional groups attached to an aromatic ring is 1. The van der Waals surface area contributed by atoms with Crippen molar-refractivity contribution in [2.75, 3.05) is 5.43 Å². The van der Waals surface area contributed by atoms with Crippen LogP contribution < -0.4 is 11.3 Å². The summed E-state index contributed by atoms with van der Waals surface area (Å²) in [6, 6.07) is 5.92. The van der Waals surface area contributed by atoms with Crippen LogP contribution in [0.2, 0.25) is 0 Å². The number of nitrogens with one attached hydrogen (secondary N) is 1. The molecule has 0 fully saturated rings. The van der Waals surface area contributed by atoms with E-state index in [0.29, 0.717) is 12.4 Å². The predicted octanol–water partition coefficient (Wildman–Crippen LogP) is 1.23. The van der Waals surface area contributed by atoms with Crippen molar-refractivity contribution in [2.45, 2.75) is 20.4 Å². The largest absolute Gasteiger partial charge is 0.308 e. The molecular weight excluding hydrogens is 202 g/mol. The van der Waals surface area contributed by atoms with Gasteiger partial charge in [0.2, 0.25) is 0 Å². The smallest absolute Gasteiger partial charge is 0.144 e. The van der Waals surface area contributed by atoms with E-state index in [4.69, 9.17) is 5.84 Å². The first-order chi connectivity index (χ1) is 7.70. The molecule has 0 amide bonds. The molecular formula is C11H15N5. The number of aryl methyl sites for hydroxylation is 2. The monoisotopic (exact) mass is 217 g/mol. The molecule has 3 N–H and O–H groups in total. The first-order valence-corrected chi connectivity index (χ1v) is 5.12. The fourth-order valence-corrected chi connectivity index (χ4v) is 1.69. The highest BCUT2D eigenvalue weighted by Gasteiger charge is 2.05. The standard InChI is InChI=1S/C11H15N5/c1-8-6-9(2)16(15-8)7-10-4-3-5-13-11(10)14-12/h3-6H,7,12H2,1-2H3,(H,13,14). The van der Waals surface area contributed by atoms with E-state index in [1.807, 2.05) is 36.7 Å². The SMILES string of the molecule is Cc1cc(C)n(Cc2cccnc2NN)n1. The van der Waals surface area contributed by atoms with Gasteiger partial charge in [-0.15, -0.1) is 0 Å².